The van der Waals surface area contributed by atoms with Crippen LogP contribution in [-0.4, -0.2) is 54.4 Å². The van der Waals surface area contributed by atoms with Crippen LogP contribution in [0.2, 0.25) is 0 Å². The molecule has 0 saturated carbocycles. The fourth-order valence-corrected chi connectivity index (χ4v) is 1.38. The van der Waals surface area contributed by atoms with Gasteiger partial charge < -0.3 is 25.8 Å². The highest BCUT2D eigenvalue weighted by Crippen LogP contribution is 2.26. The second-order valence-corrected chi connectivity index (χ2v) is 3.36. The molecule has 0 radical (unpaired) electrons. The molecule has 16 heavy (non-hydrogen) atoms. The zero-order valence-electron chi connectivity index (χ0n) is 8.06. The molecule has 1 aliphatic heterocycles. The SMILES string of the molecule is N=C(N)c1ncn([C@@H]2O[C@H](O)[C@@H](O)[C@H]2O)n1. The topological polar surface area (TPSA) is 150 Å². The van der Waals surface area contributed by atoms with Gasteiger partial charge in [0.15, 0.2) is 18.4 Å². The molecule has 9 heteroatoms. The molecule has 1 aromatic rings. The standard InChI is InChI=1S/C7H11N5O4/c8-4(9)5-10-1-12(11-5)6-2(13)3(14)7(15)16-6/h1-3,6-7,13-15H,(H3,8,9)/t2-,3+,6-,7+/m1/s1. The molecule has 0 spiro atoms. The summed E-state index contributed by atoms with van der Waals surface area (Å²) >= 11 is 0. The van der Waals surface area contributed by atoms with Gasteiger partial charge in [0.2, 0.25) is 5.82 Å². The molecule has 1 fully saturated rings. The van der Waals surface area contributed by atoms with Crippen LogP contribution in [-0.2, 0) is 4.74 Å². The molecule has 1 aromatic heterocycles. The maximum absolute atomic E-state index is 9.52. The minimum atomic E-state index is -1.48. The van der Waals surface area contributed by atoms with Gasteiger partial charge in [-0.15, -0.1) is 5.10 Å². The Labute approximate surface area is 89.6 Å². The van der Waals surface area contributed by atoms with Crippen molar-refractivity contribution in [1.29, 1.82) is 5.41 Å². The number of hydrogen-bond acceptors (Lipinski definition) is 7. The number of ether oxygens (including phenoxy) is 1. The second-order valence-electron chi connectivity index (χ2n) is 3.36. The third-order valence-electron chi connectivity index (χ3n) is 2.22. The van der Waals surface area contributed by atoms with Crippen LogP contribution in [0.1, 0.15) is 12.1 Å². The Kier molecular flexibility index (Phi) is 2.59. The van der Waals surface area contributed by atoms with Crippen molar-refractivity contribution in [2.24, 2.45) is 5.73 Å². The molecule has 0 amide bonds. The minimum Gasteiger partial charge on any atom is -0.385 e. The lowest BCUT2D eigenvalue weighted by Gasteiger charge is -2.13. The van der Waals surface area contributed by atoms with Gasteiger partial charge in [-0.2, -0.15) is 0 Å². The molecule has 0 unspecified atom stereocenters. The molecule has 1 aliphatic rings. The summed E-state index contributed by atoms with van der Waals surface area (Å²) in [5.41, 5.74) is 5.16. The van der Waals surface area contributed by atoms with E-state index in [1.54, 1.807) is 0 Å². The molecule has 2 heterocycles. The monoisotopic (exact) mass is 229 g/mol. The van der Waals surface area contributed by atoms with Gasteiger partial charge in [-0.3, -0.25) is 5.41 Å². The second kappa shape index (κ2) is 3.79. The molecule has 2 rings (SSSR count). The number of hydrogen-bond donors (Lipinski definition) is 5. The molecule has 9 nitrogen and oxygen atoms in total. The highest BCUT2D eigenvalue weighted by molar-refractivity contribution is 5.90. The fourth-order valence-electron chi connectivity index (χ4n) is 1.38. The third kappa shape index (κ3) is 1.65. The normalized spacial score (nSPS) is 34.2. The van der Waals surface area contributed by atoms with E-state index in [1.165, 1.54) is 6.33 Å². The largest absolute Gasteiger partial charge is 0.385 e. The van der Waals surface area contributed by atoms with Crippen molar-refractivity contribution in [2.45, 2.75) is 24.7 Å². The first-order valence-electron chi connectivity index (χ1n) is 4.46. The first-order valence-corrected chi connectivity index (χ1v) is 4.46. The predicted molar refractivity (Wildman–Crippen MR) is 49.2 cm³/mol. The molecule has 4 atom stereocenters. The highest BCUT2D eigenvalue weighted by Gasteiger charge is 2.43. The van der Waals surface area contributed by atoms with Gasteiger partial charge in [-0.25, -0.2) is 9.67 Å². The molecule has 6 N–H and O–H groups in total. The summed E-state index contributed by atoms with van der Waals surface area (Å²) in [5, 5.41) is 38.8. The van der Waals surface area contributed by atoms with Gasteiger partial charge >= 0.3 is 0 Å². The first kappa shape index (κ1) is 11.0. The number of nitrogen functional groups attached to an aromatic ring is 1. The summed E-state index contributed by atoms with van der Waals surface area (Å²) in [7, 11) is 0. The number of nitrogens with one attached hydrogen (secondary N) is 1. The first-order chi connectivity index (χ1) is 7.50. The van der Waals surface area contributed by atoms with E-state index in [1.807, 2.05) is 0 Å². The van der Waals surface area contributed by atoms with Crippen molar-refractivity contribution in [3.05, 3.63) is 12.2 Å². The van der Waals surface area contributed by atoms with Crippen LogP contribution in [0.3, 0.4) is 0 Å². The van der Waals surface area contributed by atoms with Crippen molar-refractivity contribution >= 4 is 5.84 Å². The lowest BCUT2D eigenvalue weighted by molar-refractivity contribution is -0.144. The molecule has 1 saturated heterocycles. The van der Waals surface area contributed by atoms with Crippen molar-refractivity contribution in [2.75, 3.05) is 0 Å². The quantitative estimate of drug-likeness (QED) is 0.270. The molecule has 0 bridgehead atoms. The lowest BCUT2D eigenvalue weighted by atomic mass is 10.2. The van der Waals surface area contributed by atoms with Crippen molar-refractivity contribution in [3.8, 4) is 0 Å². The van der Waals surface area contributed by atoms with Crippen LogP contribution in [0.4, 0.5) is 0 Å². The Morgan fingerprint density at radius 3 is 2.56 bits per heavy atom. The number of aliphatic hydroxyl groups excluding tert-OH is 3. The van der Waals surface area contributed by atoms with E-state index in [0.29, 0.717) is 0 Å². The predicted octanol–water partition coefficient (Wildman–Crippen LogP) is -2.87. The van der Waals surface area contributed by atoms with E-state index in [2.05, 4.69) is 10.1 Å². The van der Waals surface area contributed by atoms with Crippen molar-refractivity contribution < 1.29 is 20.1 Å². The summed E-state index contributed by atoms with van der Waals surface area (Å²) in [6, 6.07) is 0. The Hall–Kier alpha value is -1.55. The van der Waals surface area contributed by atoms with Gasteiger partial charge in [0.05, 0.1) is 0 Å². The van der Waals surface area contributed by atoms with Crippen LogP contribution >= 0.6 is 0 Å². The van der Waals surface area contributed by atoms with Gasteiger partial charge in [-0.05, 0) is 0 Å². The minimum absolute atomic E-state index is 0.0216. The molecule has 0 aliphatic carbocycles. The molecular formula is C7H11N5O4. The molecular weight excluding hydrogens is 218 g/mol. The van der Waals surface area contributed by atoms with Gasteiger partial charge in [0.25, 0.3) is 0 Å². The highest BCUT2D eigenvalue weighted by atomic mass is 16.7. The molecule has 88 valence electrons. The van der Waals surface area contributed by atoms with Crippen LogP contribution in [0.5, 0.6) is 0 Å². The van der Waals surface area contributed by atoms with Crippen molar-refractivity contribution in [1.82, 2.24) is 14.8 Å². The Balaban J connectivity index is 2.21. The number of aromatic nitrogens is 3. The van der Waals surface area contributed by atoms with Crippen LogP contribution in [0.15, 0.2) is 6.33 Å². The van der Waals surface area contributed by atoms with Crippen LogP contribution < -0.4 is 5.73 Å². The maximum Gasteiger partial charge on any atom is 0.215 e. The van der Waals surface area contributed by atoms with Crippen molar-refractivity contribution in [3.63, 3.8) is 0 Å². The average molecular weight is 229 g/mol. The summed E-state index contributed by atoms with van der Waals surface area (Å²) in [6.45, 7) is 0. The number of aliphatic hydroxyl groups is 3. The third-order valence-corrected chi connectivity index (χ3v) is 2.22. The van der Waals surface area contributed by atoms with Gasteiger partial charge in [0, 0.05) is 0 Å². The fraction of sp³-hybridized carbons (Fsp3) is 0.571. The van der Waals surface area contributed by atoms with E-state index in [4.69, 9.17) is 21.0 Å². The summed E-state index contributed by atoms with van der Waals surface area (Å²) in [5.74, 6) is -0.348. The average Bonchev–Trinajstić information content (AvgIpc) is 2.79. The Morgan fingerprint density at radius 2 is 2.12 bits per heavy atom. The van der Waals surface area contributed by atoms with Crippen LogP contribution in [0.25, 0.3) is 0 Å². The van der Waals surface area contributed by atoms with E-state index in [9.17, 15) is 10.2 Å². The number of rotatable bonds is 2. The zero-order chi connectivity index (χ0) is 11.9. The smallest absolute Gasteiger partial charge is 0.215 e. The zero-order valence-corrected chi connectivity index (χ0v) is 8.06. The maximum atomic E-state index is 9.52. The summed E-state index contributed by atoms with van der Waals surface area (Å²) in [4.78, 5) is 3.69. The number of amidine groups is 1. The van der Waals surface area contributed by atoms with E-state index in [-0.39, 0.29) is 11.7 Å². The van der Waals surface area contributed by atoms with Gasteiger partial charge in [0.1, 0.15) is 18.5 Å². The Morgan fingerprint density at radius 1 is 1.44 bits per heavy atom. The lowest BCUT2D eigenvalue weighted by Crippen LogP contribution is -2.31. The summed E-state index contributed by atoms with van der Waals surface area (Å²) < 4.78 is 5.95. The van der Waals surface area contributed by atoms with Gasteiger partial charge in [-0.1, -0.05) is 0 Å². The number of nitrogens with two attached hydrogens (primary N) is 1. The summed E-state index contributed by atoms with van der Waals surface area (Å²) in [6.07, 6.45) is -4.07. The van der Waals surface area contributed by atoms with E-state index < -0.39 is 24.7 Å². The molecule has 0 aromatic carbocycles. The number of nitrogens with zero attached hydrogens (tertiary/aromatic N) is 3. The van der Waals surface area contributed by atoms with E-state index in [0.717, 1.165) is 4.68 Å². The van der Waals surface area contributed by atoms with Crippen LogP contribution in [0, 0.1) is 5.41 Å². The Bertz CT molecular complexity index is 407. The van der Waals surface area contributed by atoms with E-state index >= 15 is 0 Å².